The molecule has 1 rings (SSSR count). The quantitative estimate of drug-likeness (QED) is 0.756. The summed E-state index contributed by atoms with van der Waals surface area (Å²) in [6.45, 7) is 6.15. The fourth-order valence-electron chi connectivity index (χ4n) is 2.23. The molecule has 0 radical (unpaired) electrons. The van der Waals surface area contributed by atoms with Crippen molar-refractivity contribution in [3.8, 4) is 5.75 Å². The topological polar surface area (TPSA) is 75.7 Å². The SMILES string of the molecule is COc1ccc(N([C@@H](C)C(=O)NCCC(C)C)S(C)(=O)=O)cc1Cl. The van der Waals surface area contributed by atoms with Crippen molar-refractivity contribution >= 4 is 33.2 Å². The Balaban J connectivity index is 3.05. The van der Waals surface area contributed by atoms with E-state index < -0.39 is 16.1 Å². The molecule has 0 saturated heterocycles. The first-order chi connectivity index (χ1) is 11.1. The van der Waals surface area contributed by atoms with E-state index in [1.54, 1.807) is 19.1 Å². The van der Waals surface area contributed by atoms with Gasteiger partial charge in [0, 0.05) is 6.54 Å². The molecule has 136 valence electrons. The summed E-state index contributed by atoms with van der Waals surface area (Å²) in [5.41, 5.74) is 0.315. The number of carbonyl (C=O) groups is 1. The summed E-state index contributed by atoms with van der Waals surface area (Å²) in [6, 6.07) is 3.71. The lowest BCUT2D eigenvalue weighted by molar-refractivity contribution is -0.121. The molecule has 8 heteroatoms. The summed E-state index contributed by atoms with van der Waals surface area (Å²) in [6.07, 6.45) is 1.88. The van der Waals surface area contributed by atoms with Crippen molar-refractivity contribution in [2.75, 3.05) is 24.2 Å². The van der Waals surface area contributed by atoms with Crippen LogP contribution in [0.25, 0.3) is 0 Å². The molecular weight excluding hydrogens is 352 g/mol. The van der Waals surface area contributed by atoms with Crippen molar-refractivity contribution in [1.82, 2.24) is 5.32 Å². The van der Waals surface area contributed by atoms with Crippen LogP contribution in [0.15, 0.2) is 18.2 Å². The van der Waals surface area contributed by atoms with Gasteiger partial charge in [-0.1, -0.05) is 25.4 Å². The molecule has 1 aromatic carbocycles. The van der Waals surface area contributed by atoms with E-state index in [0.717, 1.165) is 17.0 Å². The van der Waals surface area contributed by atoms with Crippen molar-refractivity contribution < 1.29 is 17.9 Å². The average Bonchev–Trinajstić information content (AvgIpc) is 2.45. The number of benzene rings is 1. The minimum Gasteiger partial charge on any atom is -0.495 e. The van der Waals surface area contributed by atoms with Crippen molar-refractivity contribution in [1.29, 1.82) is 0 Å². The molecule has 0 fully saturated rings. The summed E-state index contributed by atoms with van der Waals surface area (Å²) in [5, 5.41) is 3.04. The van der Waals surface area contributed by atoms with E-state index in [2.05, 4.69) is 19.2 Å². The van der Waals surface area contributed by atoms with Gasteiger partial charge in [-0.2, -0.15) is 0 Å². The van der Waals surface area contributed by atoms with E-state index in [1.165, 1.54) is 13.2 Å². The van der Waals surface area contributed by atoms with E-state index in [-0.39, 0.29) is 10.9 Å². The van der Waals surface area contributed by atoms with Gasteiger partial charge in [0.05, 0.1) is 24.1 Å². The Morgan fingerprint density at radius 2 is 1.96 bits per heavy atom. The Hall–Kier alpha value is -1.47. The summed E-state index contributed by atoms with van der Waals surface area (Å²) >= 11 is 6.08. The first-order valence-electron chi connectivity index (χ1n) is 7.68. The highest BCUT2D eigenvalue weighted by Crippen LogP contribution is 2.31. The Morgan fingerprint density at radius 3 is 2.42 bits per heavy atom. The Kier molecular flexibility index (Phi) is 7.35. The number of nitrogens with zero attached hydrogens (tertiary/aromatic N) is 1. The van der Waals surface area contributed by atoms with Gasteiger partial charge < -0.3 is 10.1 Å². The number of methoxy groups -OCH3 is 1. The zero-order chi connectivity index (χ0) is 18.5. The lowest BCUT2D eigenvalue weighted by atomic mass is 10.1. The van der Waals surface area contributed by atoms with Crippen LogP contribution in [0.2, 0.25) is 5.02 Å². The maximum Gasteiger partial charge on any atom is 0.243 e. The molecule has 0 bridgehead atoms. The fourth-order valence-corrected chi connectivity index (χ4v) is 3.65. The van der Waals surface area contributed by atoms with E-state index in [4.69, 9.17) is 16.3 Å². The van der Waals surface area contributed by atoms with Crippen molar-refractivity contribution in [3.63, 3.8) is 0 Å². The predicted octanol–water partition coefficient (Wildman–Crippen LogP) is 2.67. The molecule has 0 aliphatic carbocycles. The lowest BCUT2D eigenvalue weighted by Crippen LogP contribution is -2.48. The first kappa shape index (κ1) is 20.6. The Bertz CT molecular complexity index is 677. The molecule has 1 amide bonds. The largest absolute Gasteiger partial charge is 0.495 e. The summed E-state index contributed by atoms with van der Waals surface area (Å²) in [4.78, 5) is 12.3. The summed E-state index contributed by atoms with van der Waals surface area (Å²) in [5.74, 6) is 0.530. The average molecular weight is 377 g/mol. The summed E-state index contributed by atoms with van der Waals surface area (Å²) in [7, 11) is -2.19. The van der Waals surface area contributed by atoms with Crippen molar-refractivity contribution in [2.24, 2.45) is 5.92 Å². The van der Waals surface area contributed by atoms with Crippen molar-refractivity contribution in [2.45, 2.75) is 33.2 Å². The third-order valence-electron chi connectivity index (χ3n) is 3.50. The molecule has 1 atom stereocenters. The maximum absolute atomic E-state index is 12.3. The molecule has 0 saturated carbocycles. The molecule has 1 N–H and O–H groups in total. The standard InChI is InChI=1S/C16H25ClN2O4S/c1-11(2)8-9-18-16(20)12(3)19(24(5,21)22)13-6-7-15(23-4)14(17)10-13/h6-7,10-12H,8-9H2,1-5H3,(H,18,20)/t12-/m0/s1. The number of hydrogen-bond donors (Lipinski definition) is 1. The number of hydrogen-bond acceptors (Lipinski definition) is 4. The second kappa shape index (κ2) is 8.58. The lowest BCUT2D eigenvalue weighted by Gasteiger charge is -2.28. The normalized spacial score (nSPS) is 12.8. The van der Waals surface area contributed by atoms with Gasteiger partial charge in [-0.3, -0.25) is 9.10 Å². The zero-order valence-electron chi connectivity index (χ0n) is 14.7. The number of sulfonamides is 1. The molecule has 6 nitrogen and oxygen atoms in total. The Morgan fingerprint density at radius 1 is 1.33 bits per heavy atom. The van der Waals surface area contributed by atoms with Crippen LogP contribution in [0.1, 0.15) is 27.2 Å². The van der Waals surface area contributed by atoms with Crippen LogP contribution in [0.4, 0.5) is 5.69 Å². The van der Waals surface area contributed by atoms with E-state index in [9.17, 15) is 13.2 Å². The van der Waals surface area contributed by atoms with Crippen LogP contribution in [-0.2, 0) is 14.8 Å². The zero-order valence-corrected chi connectivity index (χ0v) is 16.2. The van der Waals surface area contributed by atoms with Gasteiger partial charge in [0.25, 0.3) is 0 Å². The number of ether oxygens (including phenoxy) is 1. The second-order valence-electron chi connectivity index (χ2n) is 6.03. The van der Waals surface area contributed by atoms with Gasteiger partial charge in [-0.15, -0.1) is 0 Å². The first-order valence-corrected chi connectivity index (χ1v) is 9.91. The molecule has 0 aromatic heterocycles. The Labute approximate surface area is 149 Å². The number of carbonyl (C=O) groups excluding carboxylic acids is 1. The van der Waals surface area contributed by atoms with Gasteiger partial charge in [0.1, 0.15) is 11.8 Å². The van der Waals surface area contributed by atoms with Crippen LogP contribution >= 0.6 is 11.6 Å². The number of halogens is 1. The monoisotopic (exact) mass is 376 g/mol. The summed E-state index contributed by atoms with van der Waals surface area (Å²) < 4.78 is 30.5. The highest BCUT2D eigenvalue weighted by Gasteiger charge is 2.29. The molecule has 1 aromatic rings. The molecule has 0 unspecified atom stereocenters. The van der Waals surface area contributed by atoms with Crippen LogP contribution in [0.3, 0.4) is 0 Å². The van der Waals surface area contributed by atoms with Crippen molar-refractivity contribution in [3.05, 3.63) is 23.2 Å². The highest BCUT2D eigenvalue weighted by atomic mass is 35.5. The fraction of sp³-hybridized carbons (Fsp3) is 0.562. The van der Waals surface area contributed by atoms with Gasteiger partial charge in [0.2, 0.25) is 15.9 Å². The minimum atomic E-state index is -3.67. The number of anilines is 1. The van der Waals surface area contributed by atoms with Crippen LogP contribution in [-0.4, -0.2) is 40.3 Å². The van der Waals surface area contributed by atoms with Gasteiger partial charge in [-0.05, 0) is 37.5 Å². The molecule has 24 heavy (non-hydrogen) atoms. The second-order valence-corrected chi connectivity index (χ2v) is 8.29. The molecule has 0 heterocycles. The van der Waals surface area contributed by atoms with E-state index in [1.807, 2.05) is 0 Å². The van der Waals surface area contributed by atoms with E-state index >= 15 is 0 Å². The van der Waals surface area contributed by atoms with Crippen LogP contribution < -0.4 is 14.4 Å². The predicted molar refractivity (Wildman–Crippen MR) is 97.3 cm³/mol. The van der Waals surface area contributed by atoms with E-state index in [0.29, 0.717) is 23.9 Å². The van der Waals surface area contributed by atoms with Gasteiger partial charge >= 0.3 is 0 Å². The third kappa shape index (κ3) is 5.56. The number of amides is 1. The van der Waals surface area contributed by atoms with Gasteiger partial charge in [0.15, 0.2) is 0 Å². The molecule has 0 aliphatic heterocycles. The van der Waals surface area contributed by atoms with Gasteiger partial charge in [-0.25, -0.2) is 8.42 Å². The molecular formula is C16H25ClN2O4S. The third-order valence-corrected chi connectivity index (χ3v) is 5.04. The molecule has 0 spiro atoms. The van der Waals surface area contributed by atoms with Crippen LogP contribution in [0.5, 0.6) is 5.75 Å². The maximum atomic E-state index is 12.3. The van der Waals surface area contributed by atoms with Crippen LogP contribution in [0, 0.1) is 5.92 Å². The highest BCUT2D eigenvalue weighted by molar-refractivity contribution is 7.92. The molecule has 0 aliphatic rings. The smallest absolute Gasteiger partial charge is 0.243 e. The number of nitrogens with one attached hydrogen (secondary N) is 1. The number of rotatable bonds is 8. The minimum absolute atomic E-state index is 0.274.